The number of aliphatic carboxylic acids is 1. The van der Waals surface area contributed by atoms with Crippen LogP contribution in [0.1, 0.15) is 48.2 Å². The van der Waals surface area contributed by atoms with Crippen molar-refractivity contribution in [2.45, 2.75) is 51.3 Å². The highest BCUT2D eigenvalue weighted by Gasteiger charge is 2.28. The Morgan fingerprint density at radius 3 is 2.07 bits per heavy atom. The summed E-state index contributed by atoms with van der Waals surface area (Å²) in [6, 6.07) is 31.2. The first-order valence-corrected chi connectivity index (χ1v) is 14.5. The summed E-state index contributed by atoms with van der Waals surface area (Å²) in [7, 11) is 1.62. The number of benzene rings is 4. The number of ether oxygens (including phenoxy) is 2. The van der Waals surface area contributed by atoms with E-state index in [1.54, 1.807) is 19.2 Å². The quantitative estimate of drug-likeness (QED) is 0.164. The van der Waals surface area contributed by atoms with Crippen LogP contribution in [0, 0.1) is 0 Å². The van der Waals surface area contributed by atoms with Gasteiger partial charge in [-0.05, 0) is 73.2 Å². The van der Waals surface area contributed by atoms with Gasteiger partial charge in [0.15, 0.2) is 0 Å². The summed E-state index contributed by atoms with van der Waals surface area (Å²) in [4.78, 5) is 37.6. The predicted octanol–water partition coefficient (Wildman–Crippen LogP) is 6.04. The lowest BCUT2D eigenvalue weighted by atomic mass is 9.94. The normalized spacial score (nSPS) is 11.7. The summed E-state index contributed by atoms with van der Waals surface area (Å²) in [6.45, 7) is 4.20. The molecule has 228 valence electrons. The second kappa shape index (κ2) is 14.9. The van der Waals surface area contributed by atoms with E-state index in [-0.39, 0.29) is 12.8 Å². The van der Waals surface area contributed by atoms with Crippen LogP contribution < -0.4 is 20.1 Å². The summed E-state index contributed by atoms with van der Waals surface area (Å²) in [5.74, 6) is -0.457. The average Bonchev–Trinajstić information content (AvgIpc) is 3.02. The second-order valence-corrected chi connectivity index (χ2v) is 11.2. The van der Waals surface area contributed by atoms with Gasteiger partial charge in [0.1, 0.15) is 24.1 Å². The number of amides is 2. The van der Waals surface area contributed by atoms with Crippen LogP contribution in [0.15, 0.2) is 103 Å². The Morgan fingerprint density at radius 2 is 1.43 bits per heavy atom. The molecule has 0 bridgehead atoms. The Kier molecular flexibility index (Phi) is 10.8. The van der Waals surface area contributed by atoms with Crippen molar-refractivity contribution >= 4 is 17.8 Å². The molecule has 0 aliphatic carbocycles. The molecule has 0 fully saturated rings. The van der Waals surface area contributed by atoms with E-state index in [2.05, 4.69) is 10.6 Å². The van der Waals surface area contributed by atoms with Crippen LogP contribution in [-0.4, -0.2) is 41.6 Å². The van der Waals surface area contributed by atoms with Gasteiger partial charge >= 0.3 is 5.97 Å². The van der Waals surface area contributed by atoms with Crippen molar-refractivity contribution in [3.63, 3.8) is 0 Å². The fourth-order valence-electron chi connectivity index (χ4n) is 4.81. The number of nitrogens with one attached hydrogen (secondary N) is 2. The Hall–Kier alpha value is -5.11. The number of carboxylic acid groups (broad SMARTS) is 1. The molecule has 0 saturated carbocycles. The van der Waals surface area contributed by atoms with Crippen molar-refractivity contribution in [1.29, 1.82) is 0 Å². The minimum absolute atomic E-state index is 0.0275. The Morgan fingerprint density at radius 1 is 0.795 bits per heavy atom. The third kappa shape index (κ3) is 9.46. The maximum absolute atomic E-state index is 13.2. The number of hydrogen-bond acceptors (Lipinski definition) is 5. The molecule has 0 spiro atoms. The number of carbonyl (C=O) groups is 3. The van der Waals surface area contributed by atoms with Crippen molar-refractivity contribution < 1.29 is 29.0 Å². The Labute approximate surface area is 258 Å². The molecule has 4 rings (SSSR count). The first-order chi connectivity index (χ1) is 21.1. The van der Waals surface area contributed by atoms with E-state index >= 15 is 0 Å². The van der Waals surface area contributed by atoms with Gasteiger partial charge in [-0.25, -0.2) is 0 Å². The second-order valence-electron chi connectivity index (χ2n) is 11.2. The lowest BCUT2D eigenvalue weighted by Crippen LogP contribution is -2.54. The molecule has 4 aromatic rings. The lowest BCUT2D eigenvalue weighted by molar-refractivity contribution is -0.137. The zero-order valence-electron chi connectivity index (χ0n) is 25.2. The van der Waals surface area contributed by atoms with E-state index in [0.717, 1.165) is 33.8 Å². The van der Waals surface area contributed by atoms with Gasteiger partial charge in [-0.15, -0.1) is 0 Å². The molecule has 4 aromatic carbocycles. The SMILES string of the molecule is COc1cccc(OCc2ccc(-c3ccc(C(=O)N[C@@H](CCC(=O)O)C(=O)NC(C)(C)Cc4ccccc4)cc3)cc2)c1. The number of hydrogen-bond donors (Lipinski definition) is 3. The van der Waals surface area contributed by atoms with Crippen LogP contribution >= 0.6 is 0 Å². The third-order valence-electron chi connectivity index (χ3n) is 7.10. The van der Waals surface area contributed by atoms with Crippen molar-refractivity contribution in [2.75, 3.05) is 7.11 Å². The maximum Gasteiger partial charge on any atom is 0.303 e. The smallest absolute Gasteiger partial charge is 0.303 e. The maximum atomic E-state index is 13.2. The van der Waals surface area contributed by atoms with Gasteiger partial charge in [0.25, 0.3) is 5.91 Å². The first kappa shape index (κ1) is 31.8. The van der Waals surface area contributed by atoms with Crippen LogP contribution in [-0.2, 0) is 22.6 Å². The van der Waals surface area contributed by atoms with Crippen LogP contribution in [0.2, 0.25) is 0 Å². The van der Waals surface area contributed by atoms with Crippen molar-refractivity contribution in [3.05, 3.63) is 120 Å². The molecular formula is C36H38N2O6. The molecule has 0 saturated heterocycles. The number of rotatable bonds is 14. The molecule has 8 heteroatoms. The van der Waals surface area contributed by atoms with Gasteiger partial charge < -0.3 is 25.2 Å². The largest absolute Gasteiger partial charge is 0.497 e. The molecule has 8 nitrogen and oxygen atoms in total. The van der Waals surface area contributed by atoms with Gasteiger partial charge in [-0.3, -0.25) is 14.4 Å². The van der Waals surface area contributed by atoms with Gasteiger partial charge in [0.05, 0.1) is 7.11 Å². The highest BCUT2D eigenvalue weighted by Crippen LogP contribution is 2.23. The molecule has 1 atom stereocenters. The topological polar surface area (TPSA) is 114 Å². The minimum Gasteiger partial charge on any atom is -0.497 e. The summed E-state index contributed by atoms with van der Waals surface area (Å²) in [5.41, 5.74) is 3.72. The molecule has 0 radical (unpaired) electrons. The standard InChI is InChI=1S/C36H38N2O6/c1-36(2,23-25-8-5-4-6-9-25)38-35(42)32(20-21-33(39)40)37-34(41)29-18-16-28(17-19-29)27-14-12-26(13-15-27)24-44-31-11-7-10-30(22-31)43-3/h4-19,22,32H,20-21,23-24H2,1-3H3,(H,37,41)(H,38,42)(H,39,40)/t32-/m0/s1. The van der Waals surface area contributed by atoms with Crippen LogP contribution in [0.5, 0.6) is 11.5 Å². The van der Waals surface area contributed by atoms with Gasteiger partial charge in [-0.1, -0.05) is 72.8 Å². The van der Waals surface area contributed by atoms with Crippen LogP contribution in [0.4, 0.5) is 0 Å². The van der Waals surface area contributed by atoms with E-state index in [9.17, 15) is 19.5 Å². The first-order valence-electron chi connectivity index (χ1n) is 14.5. The summed E-state index contributed by atoms with van der Waals surface area (Å²) in [5, 5.41) is 14.9. The van der Waals surface area contributed by atoms with Crippen LogP contribution in [0.25, 0.3) is 11.1 Å². The molecule has 0 aromatic heterocycles. The molecule has 0 aliphatic heterocycles. The zero-order valence-corrected chi connectivity index (χ0v) is 25.2. The molecule has 0 heterocycles. The van der Waals surface area contributed by atoms with Crippen molar-refractivity contribution in [3.8, 4) is 22.6 Å². The molecular weight excluding hydrogens is 556 g/mol. The van der Waals surface area contributed by atoms with Crippen LogP contribution in [0.3, 0.4) is 0 Å². The van der Waals surface area contributed by atoms with E-state index in [1.807, 2.05) is 105 Å². The monoisotopic (exact) mass is 594 g/mol. The number of carboxylic acids is 1. The van der Waals surface area contributed by atoms with Crippen molar-refractivity contribution in [2.24, 2.45) is 0 Å². The number of carbonyl (C=O) groups excluding carboxylic acids is 2. The summed E-state index contributed by atoms with van der Waals surface area (Å²) >= 11 is 0. The highest BCUT2D eigenvalue weighted by atomic mass is 16.5. The average molecular weight is 595 g/mol. The van der Waals surface area contributed by atoms with E-state index in [4.69, 9.17) is 9.47 Å². The Balaban J connectivity index is 1.37. The van der Waals surface area contributed by atoms with Gasteiger partial charge in [0, 0.05) is 23.6 Å². The Bertz CT molecular complexity index is 1550. The molecule has 0 aliphatic rings. The molecule has 44 heavy (non-hydrogen) atoms. The molecule has 2 amide bonds. The van der Waals surface area contributed by atoms with Gasteiger partial charge in [0.2, 0.25) is 5.91 Å². The minimum atomic E-state index is -1.04. The van der Waals surface area contributed by atoms with Gasteiger partial charge in [-0.2, -0.15) is 0 Å². The molecule has 0 unspecified atom stereocenters. The van der Waals surface area contributed by atoms with E-state index < -0.39 is 29.4 Å². The zero-order chi connectivity index (χ0) is 31.5. The fraction of sp³-hybridized carbons (Fsp3) is 0.250. The molecule has 3 N–H and O–H groups in total. The fourth-order valence-corrected chi connectivity index (χ4v) is 4.81. The predicted molar refractivity (Wildman–Crippen MR) is 170 cm³/mol. The summed E-state index contributed by atoms with van der Waals surface area (Å²) < 4.78 is 11.1. The van der Waals surface area contributed by atoms with E-state index in [1.165, 1.54) is 0 Å². The van der Waals surface area contributed by atoms with Crippen molar-refractivity contribution in [1.82, 2.24) is 10.6 Å². The highest BCUT2D eigenvalue weighted by molar-refractivity contribution is 5.98. The number of methoxy groups -OCH3 is 1. The third-order valence-corrected chi connectivity index (χ3v) is 7.10. The lowest BCUT2D eigenvalue weighted by Gasteiger charge is -2.29. The van der Waals surface area contributed by atoms with E-state index in [0.29, 0.717) is 18.6 Å². The summed E-state index contributed by atoms with van der Waals surface area (Å²) in [6.07, 6.45) is 0.300.